The van der Waals surface area contributed by atoms with Crippen LogP contribution in [0.2, 0.25) is 0 Å². The number of H-pyrrole nitrogens is 1. The Hall–Kier alpha value is -2.57. The number of carbonyl (C=O) groups is 1. The van der Waals surface area contributed by atoms with Crippen molar-refractivity contribution < 1.29 is 4.79 Å². The first-order chi connectivity index (χ1) is 12.5. The Morgan fingerprint density at radius 2 is 2.00 bits per heavy atom. The molecule has 26 heavy (non-hydrogen) atoms. The maximum absolute atomic E-state index is 12.8. The highest BCUT2D eigenvalue weighted by Crippen LogP contribution is 2.27. The molecule has 2 aromatic heterocycles. The minimum atomic E-state index is -0.111. The van der Waals surface area contributed by atoms with Gasteiger partial charge >= 0.3 is 0 Å². The second kappa shape index (κ2) is 6.63. The molecule has 0 bridgehead atoms. The molecule has 0 aliphatic carbocycles. The Kier molecular flexibility index (Phi) is 4.30. The van der Waals surface area contributed by atoms with Gasteiger partial charge in [-0.05, 0) is 38.3 Å². The number of carbonyl (C=O) groups excluding carboxylic acids is 1. The van der Waals surface area contributed by atoms with Crippen molar-refractivity contribution in [1.29, 1.82) is 0 Å². The number of nitrogens with one attached hydrogen (secondary N) is 1. The summed E-state index contributed by atoms with van der Waals surface area (Å²) in [4.78, 5) is 36.5. The fourth-order valence-corrected chi connectivity index (χ4v) is 3.93. The summed E-state index contributed by atoms with van der Waals surface area (Å²) in [5.41, 5.74) is 2.46. The van der Waals surface area contributed by atoms with E-state index in [1.807, 2.05) is 35.6 Å². The molecule has 2 saturated heterocycles. The molecule has 4 heterocycles. The molecule has 2 fully saturated rings. The maximum Gasteiger partial charge on any atom is 0.270 e. The SMILES string of the molecule is Cc1ccc(C(=O)N2CCC(c3cc(=O)[nH]c(N4CCCC4)n3)C2)n1C. The molecule has 2 aliphatic rings. The summed E-state index contributed by atoms with van der Waals surface area (Å²) >= 11 is 0. The minimum Gasteiger partial charge on any atom is -0.344 e. The van der Waals surface area contributed by atoms with E-state index in [0.29, 0.717) is 24.7 Å². The van der Waals surface area contributed by atoms with Crippen molar-refractivity contribution in [2.24, 2.45) is 7.05 Å². The van der Waals surface area contributed by atoms with Crippen LogP contribution in [0.25, 0.3) is 0 Å². The molecule has 1 N–H and O–H groups in total. The number of nitrogens with zero attached hydrogens (tertiary/aromatic N) is 4. The first kappa shape index (κ1) is 16.9. The number of amides is 1. The summed E-state index contributed by atoms with van der Waals surface area (Å²) in [5, 5.41) is 0. The number of rotatable bonds is 3. The van der Waals surface area contributed by atoms with Gasteiger partial charge in [0.2, 0.25) is 5.95 Å². The van der Waals surface area contributed by atoms with Gasteiger partial charge in [0.05, 0.1) is 5.69 Å². The van der Waals surface area contributed by atoms with E-state index in [-0.39, 0.29) is 17.4 Å². The monoisotopic (exact) mass is 355 g/mol. The van der Waals surface area contributed by atoms with Gasteiger partial charge in [0, 0.05) is 50.9 Å². The number of aromatic nitrogens is 3. The minimum absolute atomic E-state index is 0.0488. The molecule has 0 saturated carbocycles. The predicted molar refractivity (Wildman–Crippen MR) is 99.7 cm³/mol. The average Bonchev–Trinajstić information content (AvgIpc) is 3.36. The van der Waals surface area contributed by atoms with E-state index in [9.17, 15) is 9.59 Å². The Morgan fingerprint density at radius 3 is 2.69 bits per heavy atom. The average molecular weight is 355 g/mol. The molecule has 7 heteroatoms. The fraction of sp³-hybridized carbons (Fsp3) is 0.526. The highest BCUT2D eigenvalue weighted by Gasteiger charge is 2.30. The molecule has 0 aromatic carbocycles. The zero-order valence-corrected chi connectivity index (χ0v) is 15.4. The van der Waals surface area contributed by atoms with Gasteiger partial charge in [-0.25, -0.2) is 4.98 Å². The van der Waals surface area contributed by atoms with Crippen molar-refractivity contribution in [3.8, 4) is 0 Å². The topological polar surface area (TPSA) is 74.2 Å². The van der Waals surface area contributed by atoms with Gasteiger partial charge in [-0.1, -0.05) is 0 Å². The Labute approximate surface area is 152 Å². The molecule has 0 spiro atoms. The lowest BCUT2D eigenvalue weighted by molar-refractivity contribution is 0.0781. The van der Waals surface area contributed by atoms with Crippen molar-refractivity contribution in [2.75, 3.05) is 31.1 Å². The van der Waals surface area contributed by atoms with Gasteiger partial charge in [0.1, 0.15) is 5.69 Å². The second-order valence-electron chi connectivity index (χ2n) is 7.34. The number of hydrogen-bond acceptors (Lipinski definition) is 4. The number of likely N-dealkylation sites (tertiary alicyclic amines) is 1. The van der Waals surface area contributed by atoms with Crippen LogP contribution >= 0.6 is 0 Å². The molecule has 2 aliphatic heterocycles. The third kappa shape index (κ3) is 3.02. The van der Waals surface area contributed by atoms with Crippen LogP contribution in [0, 0.1) is 6.92 Å². The van der Waals surface area contributed by atoms with E-state index >= 15 is 0 Å². The quantitative estimate of drug-likeness (QED) is 0.908. The first-order valence-electron chi connectivity index (χ1n) is 9.31. The van der Waals surface area contributed by atoms with Crippen molar-refractivity contribution in [2.45, 2.75) is 32.1 Å². The molecule has 1 amide bonds. The van der Waals surface area contributed by atoms with Gasteiger partial charge < -0.3 is 14.4 Å². The van der Waals surface area contributed by atoms with Gasteiger partial charge in [-0.3, -0.25) is 14.6 Å². The van der Waals surface area contributed by atoms with Gasteiger partial charge in [-0.15, -0.1) is 0 Å². The van der Waals surface area contributed by atoms with E-state index in [1.165, 1.54) is 0 Å². The molecular formula is C19H25N5O2. The van der Waals surface area contributed by atoms with E-state index in [0.717, 1.165) is 43.7 Å². The third-order valence-corrected chi connectivity index (χ3v) is 5.64. The smallest absolute Gasteiger partial charge is 0.270 e. The molecule has 1 unspecified atom stereocenters. The lowest BCUT2D eigenvalue weighted by Crippen LogP contribution is -2.30. The lowest BCUT2D eigenvalue weighted by atomic mass is 10.1. The highest BCUT2D eigenvalue weighted by molar-refractivity contribution is 5.93. The predicted octanol–water partition coefficient (Wildman–Crippen LogP) is 1.65. The molecule has 138 valence electrons. The molecule has 1 atom stereocenters. The molecule has 2 aromatic rings. The van der Waals surface area contributed by atoms with Crippen LogP contribution in [0.5, 0.6) is 0 Å². The summed E-state index contributed by atoms with van der Waals surface area (Å²) in [6, 6.07) is 5.42. The van der Waals surface area contributed by atoms with Gasteiger partial charge in [-0.2, -0.15) is 0 Å². The van der Waals surface area contributed by atoms with E-state index in [4.69, 9.17) is 4.98 Å². The number of aryl methyl sites for hydroxylation is 1. The van der Waals surface area contributed by atoms with Crippen LogP contribution in [0.3, 0.4) is 0 Å². The van der Waals surface area contributed by atoms with Gasteiger partial charge in [0.15, 0.2) is 0 Å². The summed E-state index contributed by atoms with van der Waals surface area (Å²) in [7, 11) is 1.91. The largest absolute Gasteiger partial charge is 0.344 e. The normalized spacial score (nSPS) is 20.2. The highest BCUT2D eigenvalue weighted by atomic mass is 16.2. The van der Waals surface area contributed by atoms with Crippen LogP contribution in [0.1, 0.15) is 47.1 Å². The maximum atomic E-state index is 12.8. The van der Waals surface area contributed by atoms with Gasteiger partial charge in [0.25, 0.3) is 11.5 Å². The number of anilines is 1. The summed E-state index contributed by atoms with van der Waals surface area (Å²) in [6.45, 7) is 5.17. The lowest BCUT2D eigenvalue weighted by Gasteiger charge is -2.19. The summed E-state index contributed by atoms with van der Waals surface area (Å²) in [6.07, 6.45) is 3.11. The van der Waals surface area contributed by atoms with Crippen LogP contribution < -0.4 is 10.5 Å². The second-order valence-corrected chi connectivity index (χ2v) is 7.34. The Balaban J connectivity index is 1.52. The zero-order chi connectivity index (χ0) is 18.3. The Morgan fingerprint density at radius 1 is 1.23 bits per heavy atom. The van der Waals surface area contributed by atoms with E-state index in [2.05, 4.69) is 9.88 Å². The van der Waals surface area contributed by atoms with Crippen molar-refractivity contribution in [3.63, 3.8) is 0 Å². The molecule has 0 radical (unpaired) electrons. The summed E-state index contributed by atoms with van der Waals surface area (Å²) in [5.74, 6) is 0.838. The molecular weight excluding hydrogens is 330 g/mol. The van der Waals surface area contributed by atoms with Crippen molar-refractivity contribution in [1.82, 2.24) is 19.4 Å². The molecule has 4 rings (SSSR count). The number of aromatic amines is 1. The van der Waals surface area contributed by atoms with Crippen LogP contribution in [0.15, 0.2) is 23.0 Å². The van der Waals surface area contributed by atoms with E-state index in [1.54, 1.807) is 6.07 Å². The zero-order valence-electron chi connectivity index (χ0n) is 15.4. The fourth-order valence-electron chi connectivity index (χ4n) is 3.93. The van der Waals surface area contributed by atoms with Crippen LogP contribution in [-0.2, 0) is 7.05 Å². The third-order valence-electron chi connectivity index (χ3n) is 5.64. The van der Waals surface area contributed by atoms with Crippen LogP contribution in [0.4, 0.5) is 5.95 Å². The van der Waals surface area contributed by atoms with Crippen LogP contribution in [-0.4, -0.2) is 51.5 Å². The standard InChI is InChI=1S/C19H25N5O2/c1-13-5-6-16(22(13)2)18(26)24-10-7-14(12-24)15-11-17(25)21-19(20-15)23-8-3-4-9-23/h5-6,11,14H,3-4,7-10,12H2,1-2H3,(H,20,21,25). The Bertz CT molecular complexity index is 878. The van der Waals surface area contributed by atoms with E-state index < -0.39 is 0 Å². The van der Waals surface area contributed by atoms with Crippen molar-refractivity contribution in [3.05, 3.63) is 45.6 Å². The first-order valence-corrected chi connectivity index (χ1v) is 9.31. The van der Waals surface area contributed by atoms with Crippen molar-refractivity contribution >= 4 is 11.9 Å². The summed E-state index contributed by atoms with van der Waals surface area (Å²) < 4.78 is 1.92. The number of hydrogen-bond donors (Lipinski definition) is 1. The molecule has 7 nitrogen and oxygen atoms in total.